The number of ether oxygens (including phenoxy) is 2. The van der Waals surface area contributed by atoms with Crippen LogP contribution in [-0.4, -0.2) is 30.0 Å². The van der Waals surface area contributed by atoms with Gasteiger partial charge in [0.15, 0.2) is 11.5 Å². The molecule has 0 fully saturated rings. The molecule has 172 valence electrons. The molecule has 0 unspecified atom stereocenters. The van der Waals surface area contributed by atoms with Crippen LogP contribution in [0, 0.1) is 5.82 Å². The van der Waals surface area contributed by atoms with E-state index >= 15 is 0 Å². The number of rotatable bonds is 8. The van der Waals surface area contributed by atoms with Crippen molar-refractivity contribution in [3.8, 4) is 22.6 Å². The van der Waals surface area contributed by atoms with E-state index in [2.05, 4.69) is 4.98 Å². The van der Waals surface area contributed by atoms with Crippen molar-refractivity contribution in [2.45, 2.75) is 13.1 Å². The quantitative estimate of drug-likeness (QED) is 0.339. The zero-order valence-electron chi connectivity index (χ0n) is 19.1. The van der Waals surface area contributed by atoms with Gasteiger partial charge >= 0.3 is 0 Å². The van der Waals surface area contributed by atoms with Gasteiger partial charge in [-0.05, 0) is 70.8 Å². The molecule has 3 aromatic carbocycles. The minimum absolute atomic E-state index is 0.114. The van der Waals surface area contributed by atoms with Crippen LogP contribution >= 0.6 is 0 Å². The largest absolute Gasteiger partial charge is 0.493 e. The van der Waals surface area contributed by atoms with E-state index in [0.29, 0.717) is 30.2 Å². The fourth-order valence-electron chi connectivity index (χ4n) is 3.76. The first-order valence-corrected chi connectivity index (χ1v) is 10.8. The van der Waals surface area contributed by atoms with Crippen LogP contribution in [0.25, 0.3) is 11.1 Å². The molecular weight excluding hydrogens is 431 g/mol. The van der Waals surface area contributed by atoms with Crippen LogP contribution in [0.1, 0.15) is 21.5 Å². The first-order valence-electron chi connectivity index (χ1n) is 10.8. The summed E-state index contributed by atoms with van der Waals surface area (Å²) in [6.07, 6.45) is 3.42. The molecule has 0 aliphatic rings. The summed E-state index contributed by atoms with van der Waals surface area (Å²) < 4.78 is 24.3. The average Bonchev–Trinajstić information content (AvgIpc) is 2.88. The van der Waals surface area contributed by atoms with Gasteiger partial charge in [-0.1, -0.05) is 30.3 Å². The van der Waals surface area contributed by atoms with E-state index in [9.17, 15) is 9.18 Å². The van der Waals surface area contributed by atoms with Gasteiger partial charge in [-0.25, -0.2) is 4.39 Å². The molecule has 0 saturated carbocycles. The van der Waals surface area contributed by atoms with Crippen molar-refractivity contribution in [1.29, 1.82) is 0 Å². The maximum atomic E-state index is 13.6. The van der Waals surface area contributed by atoms with Gasteiger partial charge in [0.1, 0.15) is 5.82 Å². The van der Waals surface area contributed by atoms with Crippen LogP contribution in [0.3, 0.4) is 0 Å². The third-order valence-corrected chi connectivity index (χ3v) is 5.52. The Morgan fingerprint density at radius 2 is 1.50 bits per heavy atom. The Labute approximate surface area is 198 Å². The summed E-state index contributed by atoms with van der Waals surface area (Å²) in [5.74, 6) is 0.829. The molecule has 0 spiro atoms. The minimum atomic E-state index is -0.295. The van der Waals surface area contributed by atoms with Crippen molar-refractivity contribution in [2.24, 2.45) is 0 Å². The Morgan fingerprint density at radius 3 is 2.18 bits per heavy atom. The minimum Gasteiger partial charge on any atom is -0.493 e. The van der Waals surface area contributed by atoms with Crippen LogP contribution in [-0.2, 0) is 13.1 Å². The molecule has 5 nitrogen and oxygen atoms in total. The molecule has 0 bridgehead atoms. The highest BCUT2D eigenvalue weighted by Crippen LogP contribution is 2.29. The Balaban J connectivity index is 1.61. The van der Waals surface area contributed by atoms with E-state index in [4.69, 9.17) is 9.47 Å². The number of benzene rings is 3. The first-order chi connectivity index (χ1) is 16.6. The molecule has 1 amide bonds. The number of hydrogen-bond donors (Lipinski definition) is 0. The number of methoxy groups -OCH3 is 2. The Bertz CT molecular complexity index is 1260. The number of amides is 1. The standard InChI is InChI=1S/C28H25FN2O3/c1-33-26-11-6-21(16-27(26)34-2)19-31(18-20-12-14-30-15-13-20)28(32)23-9-7-22(8-10-23)24-4-3-5-25(29)17-24/h3-17H,18-19H2,1-2H3. The Morgan fingerprint density at radius 1 is 0.794 bits per heavy atom. The number of hydrogen-bond acceptors (Lipinski definition) is 4. The van der Waals surface area contributed by atoms with E-state index in [1.54, 1.807) is 49.7 Å². The van der Waals surface area contributed by atoms with E-state index in [0.717, 1.165) is 22.3 Å². The van der Waals surface area contributed by atoms with Crippen molar-refractivity contribution in [1.82, 2.24) is 9.88 Å². The summed E-state index contributed by atoms with van der Waals surface area (Å²) in [4.78, 5) is 19.4. The van der Waals surface area contributed by atoms with Gasteiger partial charge in [0.25, 0.3) is 5.91 Å². The first kappa shape index (κ1) is 23.0. The second kappa shape index (κ2) is 10.6. The fourth-order valence-corrected chi connectivity index (χ4v) is 3.76. The molecule has 1 heterocycles. The predicted molar refractivity (Wildman–Crippen MR) is 129 cm³/mol. The molecule has 4 rings (SSSR count). The smallest absolute Gasteiger partial charge is 0.254 e. The molecule has 4 aromatic rings. The van der Waals surface area contributed by atoms with Crippen LogP contribution < -0.4 is 9.47 Å². The molecular formula is C28H25FN2O3. The maximum Gasteiger partial charge on any atom is 0.254 e. The second-order valence-corrected chi connectivity index (χ2v) is 7.79. The third kappa shape index (κ3) is 5.41. The summed E-state index contributed by atoms with van der Waals surface area (Å²) in [6.45, 7) is 0.800. The maximum absolute atomic E-state index is 13.6. The van der Waals surface area contributed by atoms with Crippen molar-refractivity contribution in [3.05, 3.63) is 114 Å². The van der Waals surface area contributed by atoms with Gasteiger partial charge in [0.2, 0.25) is 0 Å². The van der Waals surface area contributed by atoms with Crippen LogP contribution in [0.5, 0.6) is 11.5 Å². The van der Waals surface area contributed by atoms with Crippen molar-refractivity contribution in [3.63, 3.8) is 0 Å². The van der Waals surface area contributed by atoms with Crippen LogP contribution in [0.4, 0.5) is 4.39 Å². The zero-order chi connectivity index (χ0) is 23.9. The Hall–Kier alpha value is -4.19. The highest BCUT2D eigenvalue weighted by atomic mass is 19.1. The van der Waals surface area contributed by atoms with E-state index in [1.807, 2.05) is 48.5 Å². The third-order valence-electron chi connectivity index (χ3n) is 5.52. The highest BCUT2D eigenvalue weighted by molar-refractivity contribution is 5.94. The monoisotopic (exact) mass is 456 g/mol. The summed E-state index contributed by atoms with van der Waals surface area (Å²) in [5, 5.41) is 0. The van der Waals surface area contributed by atoms with Crippen molar-refractivity contribution < 1.29 is 18.7 Å². The van der Waals surface area contributed by atoms with Gasteiger partial charge in [0.05, 0.1) is 14.2 Å². The number of carbonyl (C=O) groups is 1. The fraction of sp³-hybridized carbons (Fsp3) is 0.143. The van der Waals surface area contributed by atoms with Crippen molar-refractivity contribution >= 4 is 5.91 Å². The van der Waals surface area contributed by atoms with Gasteiger partial charge in [-0.15, -0.1) is 0 Å². The molecule has 0 radical (unpaired) electrons. The predicted octanol–water partition coefficient (Wildman–Crippen LogP) is 5.75. The molecule has 34 heavy (non-hydrogen) atoms. The lowest BCUT2D eigenvalue weighted by Gasteiger charge is -2.24. The van der Waals surface area contributed by atoms with Gasteiger partial charge in [-0.3, -0.25) is 9.78 Å². The second-order valence-electron chi connectivity index (χ2n) is 7.79. The normalized spacial score (nSPS) is 10.6. The van der Waals surface area contributed by atoms with Gasteiger partial charge in [0, 0.05) is 31.0 Å². The number of halogens is 1. The molecule has 1 aromatic heterocycles. The number of pyridine rings is 1. The average molecular weight is 457 g/mol. The lowest BCUT2D eigenvalue weighted by molar-refractivity contribution is 0.0730. The van der Waals surface area contributed by atoms with Crippen LogP contribution in [0.15, 0.2) is 91.3 Å². The molecule has 0 saturated heterocycles. The molecule has 0 aliphatic carbocycles. The van der Waals surface area contributed by atoms with Crippen LogP contribution in [0.2, 0.25) is 0 Å². The Kier molecular flexibility index (Phi) is 7.18. The summed E-state index contributed by atoms with van der Waals surface area (Å²) in [5.41, 5.74) is 4.04. The van der Waals surface area contributed by atoms with E-state index in [-0.39, 0.29) is 11.7 Å². The summed E-state index contributed by atoms with van der Waals surface area (Å²) in [6, 6.07) is 23.0. The lowest BCUT2D eigenvalue weighted by Crippen LogP contribution is -2.30. The summed E-state index contributed by atoms with van der Waals surface area (Å²) in [7, 11) is 3.17. The number of carbonyl (C=O) groups excluding carboxylic acids is 1. The SMILES string of the molecule is COc1ccc(CN(Cc2ccncc2)C(=O)c2ccc(-c3cccc(F)c3)cc2)cc1OC. The zero-order valence-corrected chi connectivity index (χ0v) is 19.1. The highest BCUT2D eigenvalue weighted by Gasteiger charge is 2.18. The number of nitrogens with zero attached hydrogens (tertiary/aromatic N) is 2. The molecule has 0 aliphatic heterocycles. The lowest BCUT2D eigenvalue weighted by atomic mass is 10.0. The molecule has 0 N–H and O–H groups in total. The van der Waals surface area contributed by atoms with Gasteiger partial charge < -0.3 is 14.4 Å². The topological polar surface area (TPSA) is 51.7 Å². The van der Waals surface area contributed by atoms with E-state index in [1.165, 1.54) is 12.1 Å². The number of aromatic nitrogens is 1. The van der Waals surface area contributed by atoms with E-state index < -0.39 is 0 Å². The van der Waals surface area contributed by atoms with Gasteiger partial charge in [-0.2, -0.15) is 0 Å². The van der Waals surface area contributed by atoms with Crippen molar-refractivity contribution in [2.75, 3.05) is 14.2 Å². The summed E-state index contributed by atoms with van der Waals surface area (Å²) >= 11 is 0. The molecule has 6 heteroatoms. The molecule has 0 atom stereocenters.